The molecule has 0 unspecified atom stereocenters. The Morgan fingerprint density at radius 2 is 1.57 bits per heavy atom. The van der Waals surface area contributed by atoms with Crippen LogP contribution < -0.4 is 0 Å². The van der Waals surface area contributed by atoms with Crippen molar-refractivity contribution in [1.82, 2.24) is 19.6 Å². The lowest BCUT2D eigenvalue weighted by atomic mass is 9.84. The number of nitrogens with zero attached hydrogens (tertiary/aromatic N) is 4. The summed E-state index contributed by atoms with van der Waals surface area (Å²) in [6.07, 6.45) is 4.01. The van der Waals surface area contributed by atoms with E-state index >= 15 is 0 Å². The fraction of sp³-hybridized carbons (Fsp3) is 0.808. The van der Waals surface area contributed by atoms with Crippen molar-refractivity contribution in [2.75, 3.05) is 26.4 Å². The van der Waals surface area contributed by atoms with Gasteiger partial charge < -0.3 is 9.64 Å². The molecule has 1 saturated carbocycles. The van der Waals surface area contributed by atoms with Gasteiger partial charge in [0.15, 0.2) is 0 Å². The summed E-state index contributed by atoms with van der Waals surface area (Å²) < 4.78 is 5.70. The maximum absolute atomic E-state index is 13.2. The van der Waals surface area contributed by atoms with Crippen molar-refractivity contribution >= 4 is 37.9 Å². The summed E-state index contributed by atoms with van der Waals surface area (Å²) in [6.45, 7) is 13.6. The Labute approximate surface area is 221 Å². The summed E-state index contributed by atoms with van der Waals surface area (Å²) in [5.41, 5.74) is -0.949. The van der Waals surface area contributed by atoms with Gasteiger partial charge in [-0.25, -0.2) is 14.5 Å². The average Bonchev–Trinajstić information content (AvgIpc) is 2.96. The highest BCUT2D eigenvalue weighted by Gasteiger charge is 2.52. The van der Waals surface area contributed by atoms with Gasteiger partial charge in [0.1, 0.15) is 18.7 Å². The number of carbonyl (C=O) groups excluding carboxylic acids is 5. The average molecular weight is 537 g/mol. The first kappa shape index (κ1) is 29.3. The van der Waals surface area contributed by atoms with Crippen molar-refractivity contribution in [3.63, 3.8) is 0 Å². The van der Waals surface area contributed by atoms with Crippen LogP contribution in [0.3, 0.4) is 0 Å². The largest absolute Gasteiger partial charge is 0.361 e. The highest BCUT2D eigenvalue weighted by Crippen LogP contribution is 2.35. The van der Waals surface area contributed by atoms with Crippen molar-refractivity contribution in [2.24, 2.45) is 5.92 Å². The molecule has 0 aromatic heterocycles. The normalized spacial score (nSPS) is 25.1. The Kier molecular flexibility index (Phi) is 9.21. The van der Waals surface area contributed by atoms with Crippen LogP contribution in [0.15, 0.2) is 0 Å². The Bertz CT molecular complexity index is 909. The van der Waals surface area contributed by atoms with Crippen LogP contribution >= 0.6 is 0 Å². The minimum atomic E-state index is -1.27. The molecule has 2 saturated heterocycles. The van der Waals surface area contributed by atoms with Crippen LogP contribution in [0.4, 0.5) is 9.59 Å². The third kappa shape index (κ3) is 6.60. The van der Waals surface area contributed by atoms with Gasteiger partial charge in [0.2, 0.25) is 11.8 Å². The first-order chi connectivity index (χ1) is 17.3. The number of imide groups is 3. The molecule has 3 rings (SSSR count). The van der Waals surface area contributed by atoms with E-state index in [-0.39, 0.29) is 37.0 Å². The van der Waals surface area contributed by atoms with Crippen molar-refractivity contribution in [2.45, 2.75) is 103 Å². The zero-order valence-electron chi connectivity index (χ0n) is 23.4. The summed E-state index contributed by atoms with van der Waals surface area (Å²) >= 11 is 0. The van der Waals surface area contributed by atoms with Gasteiger partial charge in [0.25, 0.3) is 5.91 Å². The summed E-state index contributed by atoms with van der Waals surface area (Å²) in [4.78, 5) is 69.4. The van der Waals surface area contributed by atoms with E-state index in [2.05, 4.69) is 19.6 Å². The summed E-state index contributed by atoms with van der Waals surface area (Å²) in [7, 11) is -1.27. The molecule has 0 radical (unpaired) electrons. The van der Waals surface area contributed by atoms with Crippen LogP contribution in [0.25, 0.3) is 0 Å². The molecular formula is C26H44N4O6Si. The van der Waals surface area contributed by atoms with Gasteiger partial charge in [-0.15, -0.1) is 0 Å². The van der Waals surface area contributed by atoms with E-state index in [1.165, 1.54) is 14.7 Å². The van der Waals surface area contributed by atoms with Crippen LogP contribution in [0.2, 0.25) is 25.7 Å². The highest BCUT2D eigenvalue weighted by molar-refractivity contribution is 6.76. The molecule has 0 N–H and O–H groups in total. The minimum Gasteiger partial charge on any atom is -0.361 e. The molecule has 0 aromatic rings. The molecule has 0 spiro atoms. The standard InChI is InChI=1S/C26H44N4O6Si/c1-7-8-13-27-21(31)16-22(32)30(25(27)35)20-11-9-19(10-12-20)17-29-24(34)28(23(33)26(29,2)3)18-36-14-15-37(4,5)6/h19-20H,7-18H2,1-6H3. The molecule has 0 atom stereocenters. The predicted octanol–water partition coefficient (Wildman–Crippen LogP) is 3.88. The third-order valence-electron chi connectivity index (χ3n) is 7.79. The van der Waals surface area contributed by atoms with E-state index in [1.54, 1.807) is 18.7 Å². The Hall–Kier alpha value is -2.27. The van der Waals surface area contributed by atoms with Crippen molar-refractivity contribution in [3.8, 4) is 0 Å². The number of hydrogen-bond acceptors (Lipinski definition) is 6. The van der Waals surface area contributed by atoms with Crippen molar-refractivity contribution in [3.05, 3.63) is 0 Å². The maximum Gasteiger partial charge on any atom is 0.333 e. The first-order valence-corrected chi connectivity index (χ1v) is 17.4. The number of carbonyl (C=O) groups is 5. The first-order valence-electron chi connectivity index (χ1n) is 13.7. The molecule has 37 heavy (non-hydrogen) atoms. The lowest BCUT2D eigenvalue weighted by Gasteiger charge is -2.41. The lowest BCUT2D eigenvalue weighted by molar-refractivity contribution is -0.144. The van der Waals surface area contributed by atoms with E-state index < -0.39 is 31.5 Å². The van der Waals surface area contributed by atoms with Crippen LogP contribution in [-0.2, 0) is 19.1 Å². The van der Waals surface area contributed by atoms with Crippen LogP contribution in [0.1, 0.15) is 65.7 Å². The molecule has 0 bridgehead atoms. The SMILES string of the molecule is CCCCN1C(=O)CC(=O)N(C2CCC(CN3C(=O)N(COCC[Si](C)(C)C)C(=O)C3(C)C)CC2)C1=O. The second-order valence-corrected chi connectivity index (χ2v) is 18.0. The number of barbiturate groups is 1. The molecule has 2 aliphatic heterocycles. The molecule has 7 amide bonds. The van der Waals surface area contributed by atoms with Gasteiger partial charge >= 0.3 is 12.1 Å². The van der Waals surface area contributed by atoms with Gasteiger partial charge in [-0.1, -0.05) is 33.0 Å². The number of urea groups is 2. The van der Waals surface area contributed by atoms with Gasteiger partial charge in [-0.05, 0) is 57.9 Å². The quantitative estimate of drug-likeness (QED) is 0.172. The van der Waals surface area contributed by atoms with Gasteiger partial charge in [-0.3, -0.25) is 24.2 Å². The zero-order valence-corrected chi connectivity index (χ0v) is 24.4. The van der Waals surface area contributed by atoms with Crippen LogP contribution in [-0.4, -0.2) is 95.5 Å². The number of amides is 7. The Morgan fingerprint density at radius 1 is 0.919 bits per heavy atom. The summed E-state index contributed by atoms with van der Waals surface area (Å²) in [5.74, 6) is -0.923. The van der Waals surface area contributed by atoms with Gasteiger partial charge in [-0.2, -0.15) is 0 Å². The second-order valence-electron chi connectivity index (χ2n) is 12.3. The number of unbranched alkanes of at least 4 members (excludes halogenated alkanes) is 1. The monoisotopic (exact) mass is 536 g/mol. The third-order valence-corrected chi connectivity index (χ3v) is 9.49. The molecular weight excluding hydrogens is 492 g/mol. The van der Waals surface area contributed by atoms with E-state index in [0.29, 0.717) is 39.0 Å². The Balaban J connectivity index is 1.56. The van der Waals surface area contributed by atoms with E-state index in [1.807, 2.05) is 6.92 Å². The minimum absolute atomic E-state index is 0.0265. The number of rotatable bonds is 11. The predicted molar refractivity (Wildman–Crippen MR) is 141 cm³/mol. The van der Waals surface area contributed by atoms with Gasteiger partial charge in [0, 0.05) is 33.8 Å². The topological polar surface area (TPSA) is 108 Å². The summed E-state index contributed by atoms with van der Waals surface area (Å²) in [6, 6.07) is -0.0961. The molecule has 208 valence electrons. The molecule has 11 heteroatoms. The van der Waals surface area contributed by atoms with E-state index in [4.69, 9.17) is 4.74 Å². The molecule has 0 aromatic carbocycles. The van der Waals surface area contributed by atoms with Crippen LogP contribution in [0.5, 0.6) is 0 Å². The maximum atomic E-state index is 13.2. The molecule has 2 heterocycles. The second kappa shape index (κ2) is 11.6. The van der Waals surface area contributed by atoms with Gasteiger partial charge in [0.05, 0.1) is 0 Å². The highest BCUT2D eigenvalue weighted by atomic mass is 28.3. The van der Waals surface area contributed by atoms with Crippen molar-refractivity contribution in [1.29, 1.82) is 0 Å². The lowest BCUT2D eigenvalue weighted by Crippen LogP contribution is -2.59. The van der Waals surface area contributed by atoms with E-state index in [9.17, 15) is 24.0 Å². The smallest absolute Gasteiger partial charge is 0.333 e. The Morgan fingerprint density at radius 3 is 2.16 bits per heavy atom. The van der Waals surface area contributed by atoms with Crippen LogP contribution in [0, 0.1) is 5.92 Å². The number of hydrogen-bond donors (Lipinski definition) is 0. The molecule has 10 nitrogen and oxygen atoms in total. The molecule has 3 fully saturated rings. The number of ether oxygens (including phenoxy) is 1. The zero-order chi connectivity index (χ0) is 27.5. The molecule has 1 aliphatic carbocycles. The molecule has 3 aliphatic rings. The fourth-order valence-corrected chi connectivity index (χ4v) is 6.02. The van der Waals surface area contributed by atoms with Crippen molar-refractivity contribution < 1.29 is 28.7 Å². The fourth-order valence-electron chi connectivity index (χ4n) is 5.27. The summed E-state index contributed by atoms with van der Waals surface area (Å²) in [5, 5.41) is 0. The van der Waals surface area contributed by atoms with E-state index in [0.717, 1.165) is 25.3 Å².